The van der Waals surface area contributed by atoms with E-state index in [1.807, 2.05) is 32.3 Å². The van der Waals surface area contributed by atoms with Crippen molar-refractivity contribution in [3.8, 4) is 22.7 Å². The predicted molar refractivity (Wildman–Crippen MR) is 144 cm³/mol. The Morgan fingerprint density at radius 2 is 1.80 bits per heavy atom. The fourth-order valence-electron chi connectivity index (χ4n) is 5.10. The first-order valence-corrected chi connectivity index (χ1v) is 12.9. The van der Waals surface area contributed by atoms with E-state index in [2.05, 4.69) is 58.2 Å². The van der Waals surface area contributed by atoms with E-state index in [1.54, 1.807) is 7.11 Å². The highest BCUT2D eigenvalue weighted by Crippen LogP contribution is 2.34. The molecular weight excluding hydrogens is 434 g/mol. The number of hydrogen-bond acceptors (Lipinski definition) is 3. The lowest BCUT2D eigenvalue weighted by Gasteiger charge is -2.22. The molecular formula is C30H39N3O2. The van der Waals surface area contributed by atoms with Crippen molar-refractivity contribution in [3.63, 3.8) is 0 Å². The van der Waals surface area contributed by atoms with Crippen molar-refractivity contribution in [2.45, 2.75) is 51.4 Å². The van der Waals surface area contributed by atoms with Gasteiger partial charge in [-0.3, -0.25) is 4.79 Å². The summed E-state index contributed by atoms with van der Waals surface area (Å²) >= 11 is 0. The Morgan fingerprint density at radius 3 is 2.49 bits per heavy atom. The van der Waals surface area contributed by atoms with Crippen molar-refractivity contribution < 1.29 is 9.53 Å². The summed E-state index contributed by atoms with van der Waals surface area (Å²) in [5.41, 5.74) is 6.53. The highest BCUT2D eigenvalue weighted by Gasteiger charge is 2.17. The van der Waals surface area contributed by atoms with Gasteiger partial charge in [0.25, 0.3) is 5.91 Å². The quantitative estimate of drug-likeness (QED) is 0.377. The minimum atomic E-state index is -0.102. The fourth-order valence-corrected chi connectivity index (χ4v) is 5.10. The molecule has 1 aliphatic rings. The molecule has 3 aromatic rings. The minimum Gasteiger partial charge on any atom is -0.496 e. The van der Waals surface area contributed by atoms with Crippen LogP contribution in [-0.4, -0.2) is 49.7 Å². The molecule has 1 saturated carbocycles. The van der Waals surface area contributed by atoms with Gasteiger partial charge in [-0.25, -0.2) is 0 Å². The van der Waals surface area contributed by atoms with Gasteiger partial charge in [-0.2, -0.15) is 0 Å². The first-order chi connectivity index (χ1) is 17.0. The van der Waals surface area contributed by atoms with E-state index < -0.39 is 0 Å². The van der Waals surface area contributed by atoms with Crippen LogP contribution in [0.1, 0.15) is 65.9 Å². The predicted octanol–water partition coefficient (Wildman–Crippen LogP) is 6.19. The zero-order chi connectivity index (χ0) is 24.8. The molecule has 1 N–H and O–H groups in total. The third-order valence-electron chi connectivity index (χ3n) is 7.02. The molecule has 1 heterocycles. The first kappa shape index (κ1) is 25.1. The molecule has 5 heteroatoms. The molecule has 2 aromatic carbocycles. The normalized spacial score (nSPS) is 14.3. The van der Waals surface area contributed by atoms with Gasteiger partial charge in [0, 0.05) is 24.5 Å². The van der Waals surface area contributed by atoms with Crippen molar-refractivity contribution >= 4 is 5.91 Å². The van der Waals surface area contributed by atoms with Crippen molar-refractivity contribution in [2.75, 3.05) is 34.3 Å². The molecule has 0 aliphatic heterocycles. The van der Waals surface area contributed by atoms with Crippen LogP contribution in [0.4, 0.5) is 0 Å². The highest BCUT2D eigenvalue weighted by atomic mass is 16.5. The summed E-state index contributed by atoms with van der Waals surface area (Å²) in [6.07, 6.45) is 9.74. The molecule has 1 aromatic heterocycles. The number of aromatic nitrogens is 1. The molecule has 4 rings (SSSR count). The molecule has 0 atom stereocenters. The summed E-state index contributed by atoms with van der Waals surface area (Å²) in [6, 6.07) is 17.1. The maximum atomic E-state index is 12.8. The second-order valence-corrected chi connectivity index (χ2v) is 10.0. The van der Waals surface area contributed by atoms with E-state index >= 15 is 0 Å². The number of carbonyl (C=O) groups excluding carboxylic acids is 1. The summed E-state index contributed by atoms with van der Waals surface area (Å²) in [5, 5.41) is 3.01. The van der Waals surface area contributed by atoms with Crippen LogP contribution in [0.25, 0.3) is 16.9 Å². The zero-order valence-corrected chi connectivity index (χ0v) is 21.6. The lowest BCUT2D eigenvalue weighted by molar-refractivity contribution is 0.0949. The second-order valence-electron chi connectivity index (χ2n) is 10.0. The molecule has 0 unspecified atom stereocenters. The van der Waals surface area contributed by atoms with E-state index in [4.69, 9.17) is 4.74 Å². The smallest absolute Gasteiger partial charge is 0.255 e. The fraction of sp³-hybridized carbons (Fsp3) is 0.433. The van der Waals surface area contributed by atoms with Gasteiger partial charge in [0.1, 0.15) is 5.75 Å². The Bertz CT molecular complexity index is 1130. The number of nitrogens with zero attached hydrogens (tertiary/aromatic N) is 2. The van der Waals surface area contributed by atoms with Crippen LogP contribution in [0.3, 0.4) is 0 Å². The molecule has 0 spiro atoms. The molecule has 5 nitrogen and oxygen atoms in total. The number of benzene rings is 2. The Labute approximate surface area is 210 Å². The van der Waals surface area contributed by atoms with E-state index in [1.165, 1.54) is 48.8 Å². The molecule has 0 saturated heterocycles. The van der Waals surface area contributed by atoms with Crippen LogP contribution in [0.15, 0.2) is 54.7 Å². The van der Waals surface area contributed by atoms with Gasteiger partial charge in [0.05, 0.1) is 18.4 Å². The van der Waals surface area contributed by atoms with Crippen LogP contribution in [0.2, 0.25) is 0 Å². The van der Waals surface area contributed by atoms with Gasteiger partial charge in [0.2, 0.25) is 0 Å². The maximum Gasteiger partial charge on any atom is 0.255 e. The van der Waals surface area contributed by atoms with Crippen LogP contribution in [0.5, 0.6) is 5.75 Å². The summed E-state index contributed by atoms with van der Waals surface area (Å²) in [6.45, 7) is 3.69. The zero-order valence-electron chi connectivity index (χ0n) is 21.6. The van der Waals surface area contributed by atoms with Gasteiger partial charge in [-0.15, -0.1) is 0 Å². The van der Waals surface area contributed by atoms with Crippen LogP contribution >= 0.6 is 0 Å². The van der Waals surface area contributed by atoms with Crippen molar-refractivity contribution in [2.24, 2.45) is 0 Å². The van der Waals surface area contributed by atoms with Gasteiger partial charge in [0.15, 0.2) is 0 Å². The third kappa shape index (κ3) is 6.15. The summed E-state index contributed by atoms with van der Waals surface area (Å²) in [4.78, 5) is 14.9. The SMILES string of the molecule is COc1cc(-n2cc(C)cc2-c2ccc(C3CCCCC3)cc2)ccc1C(=O)NCCCN(C)C. The Morgan fingerprint density at radius 1 is 1.06 bits per heavy atom. The maximum absolute atomic E-state index is 12.8. The number of rotatable bonds is 9. The standard InChI is InChI=1S/C30H39N3O2/c1-22-19-28(25-13-11-24(12-14-25)23-9-6-5-7-10-23)33(21-22)26-15-16-27(29(20-26)35-4)30(34)31-17-8-18-32(2)3/h11-16,19-21,23H,5-10,17-18H2,1-4H3,(H,31,34). The molecule has 1 amide bonds. The number of ether oxygens (including phenoxy) is 1. The largest absolute Gasteiger partial charge is 0.496 e. The average molecular weight is 474 g/mol. The number of nitrogens with one attached hydrogen (secondary N) is 1. The lowest BCUT2D eigenvalue weighted by Crippen LogP contribution is -2.27. The Kier molecular flexibility index (Phi) is 8.29. The van der Waals surface area contributed by atoms with Gasteiger partial charge in [-0.1, -0.05) is 43.5 Å². The molecule has 186 valence electrons. The Hall–Kier alpha value is -3.05. The van der Waals surface area contributed by atoms with E-state index in [9.17, 15) is 4.79 Å². The second kappa shape index (κ2) is 11.6. The number of amides is 1. The number of hydrogen-bond donors (Lipinski definition) is 1. The van der Waals surface area contributed by atoms with Gasteiger partial charge in [-0.05, 0) is 87.6 Å². The molecule has 0 radical (unpaired) electrons. The van der Waals surface area contributed by atoms with Crippen molar-refractivity contribution in [1.82, 2.24) is 14.8 Å². The summed E-state index contributed by atoms with van der Waals surface area (Å²) < 4.78 is 7.81. The van der Waals surface area contributed by atoms with Gasteiger partial charge >= 0.3 is 0 Å². The number of aryl methyl sites for hydroxylation is 1. The minimum absolute atomic E-state index is 0.102. The third-order valence-corrected chi connectivity index (χ3v) is 7.02. The summed E-state index contributed by atoms with van der Waals surface area (Å²) in [7, 11) is 5.69. The van der Waals surface area contributed by atoms with Crippen molar-refractivity contribution in [1.29, 1.82) is 0 Å². The van der Waals surface area contributed by atoms with E-state index in [0.717, 1.165) is 24.3 Å². The van der Waals surface area contributed by atoms with Gasteiger partial charge < -0.3 is 19.5 Å². The molecule has 1 fully saturated rings. The van der Waals surface area contributed by atoms with Crippen LogP contribution in [0, 0.1) is 6.92 Å². The average Bonchev–Trinajstić information content (AvgIpc) is 3.28. The van der Waals surface area contributed by atoms with Crippen LogP contribution < -0.4 is 10.1 Å². The molecule has 1 aliphatic carbocycles. The lowest BCUT2D eigenvalue weighted by atomic mass is 9.84. The molecule has 0 bridgehead atoms. The number of carbonyl (C=O) groups is 1. The van der Waals surface area contributed by atoms with Crippen LogP contribution in [-0.2, 0) is 0 Å². The first-order valence-electron chi connectivity index (χ1n) is 12.9. The van der Waals surface area contributed by atoms with E-state index in [-0.39, 0.29) is 5.91 Å². The monoisotopic (exact) mass is 473 g/mol. The Balaban J connectivity index is 1.55. The highest BCUT2D eigenvalue weighted by molar-refractivity contribution is 5.97. The van der Waals surface area contributed by atoms with Crippen molar-refractivity contribution in [3.05, 3.63) is 71.4 Å². The molecule has 35 heavy (non-hydrogen) atoms. The summed E-state index contributed by atoms with van der Waals surface area (Å²) in [5.74, 6) is 1.18. The van der Waals surface area contributed by atoms with E-state index in [0.29, 0.717) is 23.8 Å². The number of methoxy groups -OCH3 is 1. The topological polar surface area (TPSA) is 46.5 Å².